The van der Waals surface area contributed by atoms with Crippen molar-refractivity contribution in [1.29, 1.82) is 0 Å². The molecule has 4 unspecified atom stereocenters. The van der Waals surface area contributed by atoms with E-state index in [-0.39, 0.29) is 44.6 Å². The molecular weight excluding hydrogens is 920 g/mol. The molecule has 21 heteroatoms. The van der Waals surface area contributed by atoms with Crippen molar-refractivity contribution in [2.75, 3.05) is 55.8 Å². The Kier molecular flexibility index (Phi) is 12.3. The average molecular weight is 962 g/mol. The minimum atomic E-state index is -1.28. The van der Waals surface area contributed by atoms with E-state index in [1.165, 1.54) is 28.2 Å². The molecule has 0 spiro atoms. The summed E-state index contributed by atoms with van der Waals surface area (Å²) in [5.74, 6) is -1.74. The van der Waals surface area contributed by atoms with E-state index in [9.17, 15) is 4.79 Å². The molecule has 0 N–H and O–H groups in total. The molecule has 3 aromatic heterocycles. The molecule has 10 rings (SSSR count). The summed E-state index contributed by atoms with van der Waals surface area (Å²) in [7, 11) is 0. The summed E-state index contributed by atoms with van der Waals surface area (Å²) in [5, 5.41) is 14.7. The lowest BCUT2D eigenvalue weighted by atomic mass is 10.1. The van der Waals surface area contributed by atoms with E-state index < -0.39 is 17.7 Å². The Morgan fingerprint density at radius 3 is 1.65 bits per heavy atom. The maximum Gasteiger partial charge on any atom is 0.350 e. The number of rotatable bonds is 14. The van der Waals surface area contributed by atoms with Crippen LogP contribution >= 0.6 is 46.4 Å². The van der Waals surface area contributed by atoms with Crippen molar-refractivity contribution in [2.45, 2.75) is 43.4 Å². The van der Waals surface area contributed by atoms with Gasteiger partial charge in [0.05, 0.1) is 35.5 Å². The van der Waals surface area contributed by atoms with E-state index in [0.29, 0.717) is 43.5 Å². The van der Waals surface area contributed by atoms with Gasteiger partial charge in [-0.3, -0.25) is 0 Å². The fourth-order valence-electron chi connectivity index (χ4n) is 8.39. The molecular formula is C44H41Cl4N11O6. The van der Waals surface area contributed by atoms with Gasteiger partial charge in [-0.25, -0.2) is 33.4 Å². The van der Waals surface area contributed by atoms with Gasteiger partial charge < -0.3 is 33.5 Å². The van der Waals surface area contributed by atoms with Gasteiger partial charge in [0.1, 0.15) is 69.3 Å². The Morgan fingerprint density at radius 1 is 0.615 bits per heavy atom. The summed E-state index contributed by atoms with van der Waals surface area (Å²) < 4.78 is 37.9. The molecule has 3 fully saturated rings. The minimum absolute atomic E-state index is 0.161. The number of hydrogen-bond donors (Lipinski definition) is 0. The predicted molar refractivity (Wildman–Crippen MR) is 242 cm³/mol. The second-order valence-electron chi connectivity index (χ2n) is 15.8. The first-order chi connectivity index (χ1) is 31.6. The summed E-state index contributed by atoms with van der Waals surface area (Å²) in [6, 6.07) is 26.4. The number of benzene rings is 4. The monoisotopic (exact) mass is 959 g/mol. The van der Waals surface area contributed by atoms with Crippen LogP contribution in [0, 0.1) is 0 Å². The van der Waals surface area contributed by atoms with Crippen molar-refractivity contribution < 1.29 is 23.7 Å². The Hall–Kier alpha value is -5.50. The van der Waals surface area contributed by atoms with E-state index in [0.717, 1.165) is 43.3 Å². The molecule has 0 bridgehead atoms. The van der Waals surface area contributed by atoms with E-state index in [2.05, 4.69) is 47.2 Å². The second kappa shape index (κ2) is 18.4. The van der Waals surface area contributed by atoms with Crippen molar-refractivity contribution in [3.8, 4) is 11.4 Å². The molecule has 0 aliphatic carbocycles. The van der Waals surface area contributed by atoms with E-state index in [1.54, 1.807) is 58.4 Å². The third kappa shape index (κ3) is 9.20. The number of nitrogens with zero attached hydrogens (tertiary/aromatic N) is 11. The SMILES string of the molecule is O=c1n(-c2ccc(N3CCN(c4ccc(OCC5COC(Cn6cncn6)(c6ccc(Cl)cc6Cl)O5)cc4)CC3)cc2)cnn1CC1COC(Cn2cncn2)(c2ccc(Cl)cc2Cl)O1. The molecule has 7 aromatic rings. The van der Waals surface area contributed by atoms with Gasteiger partial charge in [0.25, 0.3) is 0 Å². The number of piperazine rings is 1. The van der Waals surface area contributed by atoms with Gasteiger partial charge in [0, 0.05) is 58.7 Å². The summed E-state index contributed by atoms with van der Waals surface area (Å²) in [4.78, 5) is 26.4. The lowest BCUT2D eigenvalue weighted by molar-refractivity contribution is -0.190. The number of ether oxygens (including phenoxy) is 5. The van der Waals surface area contributed by atoms with Gasteiger partial charge in [0.15, 0.2) is 0 Å². The molecule has 0 amide bonds. The van der Waals surface area contributed by atoms with Crippen LogP contribution in [-0.4, -0.2) is 102 Å². The van der Waals surface area contributed by atoms with E-state index in [4.69, 9.17) is 70.1 Å². The highest BCUT2D eigenvalue weighted by atomic mass is 35.5. The fraction of sp³-hybridized carbons (Fsp3) is 0.318. The zero-order valence-corrected chi connectivity index (χ0v) is 37.6. The summed E-state index contributed by atoms with van der Waals surface area (Å²) in [5.41, 5.74) is 3.82. The molecule has 4 atom stereocenters. The minimum Gasteiger partial charge on any atom is -0.491 e. The lowest BCUT2D eigenvalue weighted by Crippen LogP contribution is -2.46. The third-order valence-corrected chi connectivity index (χ3v) is 12.7. The normalized spacial score (nSPS) is 22.2. The second-order valence-corrected chi connectivity index (χ2v) is 17.5. The molecule has 3 saturated heterocycles. The maximum absolute atomic E-state index is 13.6. The van der Waals surface area contributed by atoms with Crippen LogP contribution in [-0.2, 0) is 50.2 Å². The molecule has 0 radical (unpaired) electrons. The van der Waals surface area contributed by atoms with Crippen LogP contribution in [0.15, 0.2) is 121 Å². The van der Waals surface area contributed by atoms with Crippen LogP contribution in [0.1, 0.15) is 11.1 Å². The van der Waals surface area contributed by atoms with Crippen LogP contribution in [0.25, 0.3) is 5.69 Å². The zero-order chi connectivity index (χ0) is 44.5. The summed E-state index contributed by atoms with van der Waals surface area (Å²) >= 11 is 25.6. The number of hydrogen-bond acceptors (Lipinski definition) is 13. The van der Waals surface area contributed by atoms with Crippen LogP contribution in [0.5, 0.6) is 5.75 Å². The van der Waals surface area contributed by atoms with Gasteiger partial charge >= 0.3 is 5.69 Å². The Morgan fingerprint density at radius 2 is 1.12 bits per heavy atom. The quantitative estimate of drug-likeness (QED) is 0.117. The molecule has 0 saturated carbocycles. The standard InChI is InChI=1S/C44H41Cl4N11O6/c45-30-1-11-38(40(47)17-30)43(23-56-27-49-25-51-56)62-21-36(64-43)19-59-42(60)58(29-53-59)34-5-3-32(4-6-34)54-13-15-55(16-14-54)33-7-9-35(10-8-33)61-20-37-22-63-44(65-37,24-57-28-50-26-52-57)39-12-2-31(46)18-41(39)48/h1-12,17-18,25-29,36-37H,13-16,19-24H2. The molecule has 65 heavy (non-hydrogen) atoms. The zero-order valence-electron chi connectivity index (χ0n) is 34.6. The van der Waals surface area contributed by atoms with E-state index >= 15 is 0 Å². The van der Waals surface area contributed by atoms with Crippen LogP contribution in [0.2, 0.25) is 20.1 Å². The first-order valence-corrected chi connectivity index (χ1v) is 22.3. The fourth-order valence-corrected chi connectivity index (χ4v) is 9.50. The van der Waals surface area contributed by atoms with Crippen LogP contribution in [0.3, 0.4) is 0 Å². The van der Waals surface area contributed by atoms with Gasteiger partial charge in [-0.1, -0.05) is 58.5 Å². The van der Waals surface area contributed by atoms with Gasteiger partial charge in [-0.15, -0.1) is 0 Å². The highest BCUT2D eigenvalue weighted by Crippen LogP contribution is 2.42. The van der Waals surface area contributed by atoms with Crippen molar-refractivity contribution >= 4 is 57.8 Å². The molecule has 6 heterocycles. The third-order valence-electron chi connectivity index (χ3n) is 11.6. The molecule has 17 nitrogen and oxygen atoms in total. The highest BCUT2D eigenvalue weighted by Gasteiger charge is 2.47. The Bertz CT molecular complexity index is 2790. The first-order valence-electron chi connectivity index (χ1n) is 20.8. The molecule has 336 valence electrons. The molecule has 3 aliphatic rings. The largest absolute Gasteiger partial charge is 0.491 e. The summed E-state index contributed by atoms with van der Waals surface area (Å²) in [6.07, 6.45) is 6.71. The topological polar surface area (TPSA) is 154 Å². The van der Waals surface area contributed by atoms with Crippen molar-refractivity contribution in [3.05, 3.63) is 158 Å². The van der Waals surface area contributed by atoms with Gasteiger partial charge in [-0.2, -0.15) is 15.3 Å². The van der Waals surface area contributed by atoms with E-state index in [1.807, 2.05) is 36.4 Å². The first kappa shape index (κ1) is 43.4. The maximum atomic E-state index is 13.6. The molecule has 4 aromatic carbocycles. The van der Waals surface area contributed by atoms with Crippen molar-refractivity contribution in [2.24, 2.45) is 0 Å². The van der Waals surface area contributed by atoms with Crippen LogP contribution in [0.4, 0.5) is 11.4 Å². The highest BCUT2D eigenvalue weighted by molar-refractivity contribution is 6.35. The van der Waals surface area contributed by atoms with Gasteiger partial charge in [-0.05, 0) is 72.8 Å². The lowest BCUT2D eigenvalue weighted by Gasteiger charge is -2.37. The predicted octanol–water partition coefficient (Wildman–Crippen LogP) is 6.47. The summed E-state index contributed by atoms with van der Waals surface area (Å²) in [6.45, 7) is 4.68. The smallest absolute Gasteiger partial charge is 0.350 e. The van der Waals surface area contributed by atoms with Crippen LogP contribution < -0.4 is 20.2 Å². The van der Waals surface area contributed by atoms with Crippen molar-refractivity contribution in [3.63, 3.8) is 0 Å². The Balaban J connectivity index is 0.720. The number of halogens is 4. The number of anilines is 2. The average Bonchev–Trinajstić information content (AvgIpc) is 4.19. The van der Waals surface area contributed by atoms with Gasteiger partial charge in [0.2, 0.25) is 11.6 Å². The van der Waals surface area contributed by atoms with Crippen molar-refractivity contribution in [1.82, 2.24) is 43.9 Å². The Labute approximate surface area is 392 Å². The number of aromatic nitrogens is 9. The molecule has 3 aliphatic heterocycles.